The topological polar surface area (TPSA) is 78.0 Å². The molecule has 3 aromatic rings. The molecule has 0 spiro atoms. The summed E-state index contributed by atoms with van der Waals surface area (Å²) in [4.78, 5) is 4.35. The Labute approximate surface area is 146 Å². The lowest BCUT2D eigenvalue weighted by atomic mass is 9.93. The minimum atomic E-state index is 0.0914. The van der Waals surface area contributed by atoms with E-state index in [1.807, 2.05) is 16.8 Å². The van der Waals surface area contributed by atoms with Gasteiger partial charge in [0.2, 0.25) is 11.9 Å². The molecule has 2 heterocycles. The second-order valence-corrected chi connectivity index (χ2v) is 6.37. The number of benzene rings is 2. The number of aryl methyl sites for hydroxylation is 1. The van der Waals surface area contributed by atoms with Gasteiger partial charge >= 0.3 is 0 Å². The van der Waals surface area contributed by atoms with Crippen molar-refractivity contribution in [3.05, 3.63) is 65.2 Å². The van der Waals surface area contributed by atoms with Gasteiger partial charge in [0.15, 0.2) is 0 Å². The number of nitrogens with one attached hydrogen (secondary N) is 1. The number of ether oxygens (including phenoxy) is 1. The molecule has 1 aromatic heterocycles. The fourth-order valence-corrected chi connectivity index (χ4v) is 3.31. The number of anilines is 2. The largest absolute Gasteiger partial charge is 0.497 e. The predicted molar refractivity (Wildman–Crippen MR) is 97.7 cm³/mol. The fraction of sp³-hybridized carbons (Fsp3) is 0.263. The molecule has 0 amide bonds. The summed E-state index contributed by atoms with van der Waals surface area (Å²) in [5, 5.41) is 7.84. The second kappa shape index (κ2) is 6.12. The zero-order valence-corrected chi connectivity index (χ0v) is 14.3. The van der Waals surface area contributed by atoms with Crippen LogP contribution in [0.15, 0.2) is 48.5 Å². The van der Waals surface area contributed by atoms with E-state index in [2.05, 4.69) is 58.7 Å². The molecule has 6 heteroatoms. The van der Waals surface area contributed by atoms with E-state index in [1.165, 1.54) is 16.7 Å². The number of fused-ring (bicyclic) bond motifs is 1. The van der Waals surface area contributed by atoms with Crippen LogP contribution in [0.1, 0.15) is 35.2 Å². The lowest BCUT2D eigenvalue weighted by Gasteiger charge is -2.31. The molecule has 0 fully saturated rings. The fourth-order valence-electron chi connectivity index (χ4n) is 3.31. The van der Waals surface area contributed by atoms with E-state index in [0.717, 1.165) is 12.2 Å². The Bertz CT molecular complexity index is 870. The average Bonchev–Trinajstić information content (AvgIpc) is 3.02. The molecule has 128 valence electrons. The van der Waals surface area contributed by atoms with Gasteiger partial charge < -0.3 is 15.8 Å². The molecule has 0 saturated heterocycles. The number of hydrogen-bond donors (Lipinski definition) is 2. The minimum absolute atomic E-state index is 0.0914. The number of methoxy groups -OCH3 is 1. The van der Waals surface area contributed by atoms with Gasteiger partial charge in [-0.1, -0.05) is 42.0 Å². The molecule has 0 aliphatic carbocycles. The number of rotatable bonds is 3. The zero-order chi connectivity index (χ0) is 17.4. The first-order chi connectivity index (χ1) is 12.1. The van der Waals surface area contributed by atoms with Crippen LogP contribution in [-0.2, 0) is 0 Å². The van der Waals surface area contributed by atoms with Crippen LogP contribution in [0.5, 0.6) is 5.75 Å². The highest BCUT2D eigenvalue weighted by molar-refractivity contribution is 5.42. The number of aromatic nitrogens is 3. The van der Waals surface area contributed by atoms with E-state index in [4.69, 9.17) is 10.5 Å². The van der Waals surface area contributed by atoms with Crippen molar-refractivity contribution < 1.29 is 4.74 Å². The second-order valence-electron chi connectivity index (χ2n) is 6.37. The number of hydrogen-bond acceptors (Lipinski definition) is 5. The third-order valence-corrected chi connectivity index (χ3v) is 4.69. The summed E-state index contributed by atoms with van der Waals surface area (Å²) in [7, 11) is 1.67. The van der Waals surface area contributed by atoms with E-state index >= 15 is 0 Å². The molecule has 3 N–H and O–H groups in total. The Kier molecular flexibility index (Phi) is 3.80. The van der Waals surface area contributed by atoms with Crippen molar-refractivity contribution in [1.82, 2.24) is 14.8 Å². The third kappa shape index (κ3) is 2.91. The van der Waals surface area contributed by atoms with Crippen molar-refractivity contribution >= 4 is 11.9 Å². The highest BCUT2D eigenvalue weighted by atomic mass is 16.5. The zero-order valence-electron chi connectivity index (χ0n) is 14.3. The lowest BCUT2D eigenvalue weighted by molar-refractivity contribution is 0.413. The SMILES string of the molecule is COc1ccc(C2CC(c3ccc(C)cc3)n3nc(N)nc3N2)cc1. The Morgan fingerprint density at radius 1 is 1.08 bits per heavy atom. The van der Waals surface area contributed by atoms with Crippen molar-refractivity contribution in [2.45, 2.75) is 25.4 Å². The molecule has 0 radical (unpaired) electrons. The van der Waals surface area contributed by atoms with Gasteiger partial charge in [0.1, 0.15) is 5.75 Å². The van der Waals surface area contributed by atoms with Gasteiger partial charge in [-0.15, -0.1) is 5.10 Å². The van der Waals surface area contributed by atoms with Crippen LogP contribution < -0.4 is 15.8 Å². The van der Waals surface area contributed by atoms with E-state index in [0.29, 0.717) is 5.95 Å². The molecular weight excluding hydrogens is 314 g/mol. The molecule has 2 unspecified atom stereocenters. The van der Waals surface area contributed by atoms with Crippen LogP contribution in [-0.4, -0.2) is 21.9 Å². The third-order valence-electron chi connectivity index (χ3n) is 4.69. The summed E-state index contributed by atoms with van der Waals surface area (Å²) in [5.74, 6) is 1.84. The van der Waals surface area contributed by atoms with Gasteiger partial charge in [-0.25, -0.2) is 4.68 Å². The Hall–Kier alpha value is -3.02. The quantitative estimate of drug-likeness (QED) is 0.768. The summed E-state index contributed by atoms with van der Waals surface area (Å²) in [6, 6.07) is 16.9. The standard InChI is InChI=1S/C19H21N5O/c1-12-3-5-14(6-4-12)17-11-16(13-7-9-15(25-2)10-8-13)21-19-22-18(20)23-24(17)19/h3-10,16-17H,11H2,1-2H3,(H3,20,21,22,23). The molecule has 25 heavy (non-hydrogen) atoms. The maximum Gasteiger partial charge on any atom is 0.241 e. The maximum absolute atomic E-state index is 5.85. The number of nitrogen functional groups attached to an aromatic ring is 1. The maximum atomic E-state index is 5.85. The first-order valence-electron chi connectivity index (χ1n) is 8.33. The molecule has 1 aliphatic rings. The molecular formula is C19H21N5O. The van der Waals surface area contributed by atoms with Crippen molar-refractivity contribution in [2.24, 2.45) is 0 Å². The molecule has 1 aliphatic heterocycles. The summed E-state index contributed by atoms with van der Waals surface area (Å²) < 4.78 is 7.14. The van der Waals surface area contributed by atoms with Crippen molar-refractivity contribution in [3.8, 4) is 5.75 Å². The van der Waals surface area contributed by atoms with E-state index in [-0.39, 0.29) is 18.0 Å². The van der Waals surface area contributed by atoms with Crippen molar-refractivity contribution in [1.29, 1.82) is 0 Å². The minimum Gasteiger partial charge on any atom is -0.497 e. The van der Waals surface area contributed by atoms with Gasteiger partial charge in [0.25, 0.3) is 0 Å². The predicted octanol–water partition coefficient (Wildman–Crippen LogP) is 3.32. The smallest absolute Gasteiger partial charge is 0.241 e. The lowest BCUT2D eigenvalue weighted by Crippen LogP contribution is -2.28. The van der Waals surface area contributed by atoms with Gasteiger partial charge in [0.05, 0.1) is 19.2 Å². The van der Waals surface area contributed by atoms with Crippen LogP contribution in [0.3, 0.4) is 0 Å². The van der Waals surface area contributed by atoms with Crippen LogP contribution in [0.2, 0.25) is 0 Å². The van der Waals surface area contributed by atoms with Crippen LogP contribution in [0.25, 0.3) is 0 Å². The first-order valence-corrected chi connectivity index (χ1v) is 8.33. The summed E-state index contributed by atoms with van der Waals surface area (Å²) in [6.45, 7) is 2.09. The van der Waals surface area contributed by atoms with Crippen molar-refractivity contribution in [3.63, 3.8) is 0 Å². The summed E-state index contributed by atoms with van der Waals surface area (Å²) >= 11 is 0. The Morgan fingerprint density at radius 3 is 2.44 bits per heavy atom. The molecule has 0 saturated carbocycles. The van der Waals surface area contributed by atoms with Gasteiger partial charge in [-0.2, -0.15) is 4.98 Å². The Morgan fingerprint density at radius 2 is 1.76 bits per heavy atom. The highest BCUT2D eigenvalue weighted by Crippen LogP contribution is 2.38. The van der Waals surface area contributed by atoms with Gasteiger partial charge in [-0.05, 0) is 36.6 Å². The van der Waals surface area contributed by atoms with Crippen LogP contribution in [0.4, 0.5) is 11.9 Å². The highest BCUT2D eigenvalue weighted by Gasteiger charge is 2.30. The number of nitrogens with zero attached hydrogens (tertiary/aromatic N) is 3. The molecule has 4 rings (SSSR count). The van der Waals surface area contributed by atoms with Gasteiger partial charge in [-0.3, -0.25) is 0 Å². The Balaban J connectivity index is 1.71. The van der Waals surface area contributed by atoms with Crippen molar-refractivity contribution in [2.75, 3.05) is 18.2 Å². The normalized spacial score (nSPS) is 19.1. The molecule has 2 atom stereocenters. The summed E-state index contributed by atoms with van der Waals surface area (Å²) in [6.07, 6.45) is 0.866. The van der Waals surface area contributed by atoms with Crippen LogP contribution >= 0.6 is 0 Å². The van der Waals surface area contributed by atoms with E-state index in [1.54, 1.807) is 7.11 Å². The van der Waals surface area contributed by atoms with E-state index < -0.39 is 0 Å². The monoisotopic (exact) mass is 335 g/mol. The van der Waals surface area contributed by atoms with Crippen LogP contribution in [0, 0.1) is 6.92 Å². The molecule has 6 nitrogen and oxygen atoms in total. The van der Waals surface area contributed by atoms with Gasteiger partial charge in [0, 0.05) is 0 Å². The number of nitrogens with two attached hydrogens (primary N) is 1. The molecule has 0 bridgehead atoms. The molecule has 2 aromatic carbocycles. The summed E-state index contributed by atoms with van der Waals surface area (Å²) in [5.41, 5.74) is 9.48. The average molecular weight is 335 g/mol. The van der Waals surface area contributed by atoms with E-state index in [9.17, 15) is 0 Å². The first kappa shape index (κ1) is 15.5.